The maximum Gasteiger partial charge on any atom is 0.244 e. The third-order valence-corrected chi connectivity index (χ3v) is 8.26. The second-order valence-corrected chi connectivity index (χ2v) is 11.9. The van der Waals surface area contributed by atoms with E-state index in [1.807, 2.05) is 31.2 Å². The molecule has 1 aliphatic carbocycles. The summed E-state index contributed by atoms with van der Waals surface area (Å²) in [7, 11) is -2.39. The van der Waals surface area contributed by atoms with Crippen LogP contribution in [-0.4, -0.2) is 57.1 Å². The first kappa shape index (κ1) is 28.8. The van der Waals surface area contributed by atoms with Crippen molar-refractivity contribution in [3.63, 3.8) is 0 Å². The minimum atomic E-state index is -3.85. The summed E-state index contributed by atoms with van der Waals surface area (Å²) in [6.07, 6.45) is 6.17. The van der Waals surface area contributed by atoms with Crippen LogP contribution in [0.5, 0.6) is 5.75 Å². The second kappa shape index (κ2) is 12.6. The van der Waals surface area contributed by atoms with Crippen molar-refractivity contribution in [2.75, 3.05) is 24.2 Å². The molecule has 0 spiro atoms. The van der Waals surface area contributed by atoms with E-state index in [-0.39, 0.29) is 29.2 Å². The van der Waals surface area contributed by atoms with Crippen LogP contribution in [0.4, 0.5) is 5.69 Å². The molecule has 0 heterocycles. The smallest absolute Gasteiger partial charge is 0.244 e. The number of halogens is 1. The molecule has 0 radical (unpaired) electrons. The first-order valence-corrected chi connectivity index (χ1v) is 14.7. The summed E-state index contributed by atoms with van der Waals surface area (Å²) >= 11 is 6.24. The monoisotopic (exact) mass is 549 g/mol. The lowest BCUT2D eigenvalue weighted by atomic mass is 9.95. The van der Waals surface area contributed by atoms with Crippen LogP contribution < -0.4 is 14.4 Å². The molecule has 3 rings (SSSR count). The van der Waals surface area contributed by atoms with Crippen molar-refractivity contribution in [1.29, 1.82) is 0 Å². The van der Waals surface area contributed by atoms with Gasteiger partial charge in [-0.3, -0.25) is 13.9 Å². The van der Waals surface area contributed by atoms with E-state index < -0.39 is 28.5 Å². The van der Waals surface area contributed by atoms with Gasteiger partial charge in [-0.1, -0.05) is 55.1 Å². The minimum Gasteiger partial charge on any atom is -0.495 e. The average molecular weight is 550 g/mol. The SMILES string of the molecule is COc1ccc(N(CC(=O)N(Cc2ccccc2C)[C@H](C)C(=O)NC2CCCCC2)S(C)(=O)=O)cc1Cl. The number of nitrogens with one attached hydrogen (secondary N) is 1. The van der Waals surface area contributed by atoms with Gasteiger partial charge in [-0.2, -0.15) is 0 Å². The molecule has 1 saturated carbocycles. The highest BCUT2D eigenvalue weighted by Gasteiger charge is 2.31. The molecule has 1 N–H and O–H groups in total. The number of aryl methyl sites for hydroxylation is 1. The zero-order valence-electron chi connectivity index (χ0n) is 21.9. The fourth-order valence-electron chi connectivity index (χ4n) is 4.55. The van der Waals surface area contributed by atoms with Gasteiger partial charge in [-0.25, -0.2) is 8.42 Å². The number of benzene rings is 2. The lowest BCUT2D eigenvalue weighted by Crippen LogP contribution is -2.53. The van der Waals surface area contributed by atoms with Crippen LogP contribution in [0.2, 0.25) is 5.02 Å². The number of anilines is 1. The Kier molecular flexibility index (Phi) is 9.84. The van der Waals surface area contributed by atoms with Gasteiger partial charge in [0.05, 0.1) is 24.1 Å². The Morgan fingerprint density at radius 3 is 2.41 bits per heavy atom. The van der Waals surface area contributed by atoms with Gasteiger partial charge in [0.15, 0.2) is 0 Å². The standard InChI is InChI=1S/C27H36ClN3O5S/c1-19-10-8-9-11-21(19)17-30(20(2)27(33)29-22-12-6-5-7-13-22)26(32)18-31(37(4,34)35)23-14-15-25(36-3)24(28)16-23/h8-11,14-16,20,22H,5-7,12-13,17-18H2,1-4H3,(H,29,33)/t20-/m1/s1. The Hall–Kier alpha value is -2.78. The summed E-state index contributed by atoms with van der Waals surface area (Å²) in [5, 5.41) is 3.31. The van der Waals surface area contributed by atoms with E-state index in [1.165, 1.54) is 24.1 Å². The third kappa shape index (κ3) is 7.61. The van der Waals surface area contributed by atoms with Gasteiger partial charge in [-0.15, -0.1) is 0 Å². The number of methoxy groups -OCH3 is 1. The number of amides is 2. The van der Waals surface area contributed by atoms with Crippen molar-refractivity contribution in [2.24, 2.45) is 0 Å². The van der Waals surface area contributed by atoms with E-state index >= 15 is 0 Å². The lowest BCUT2D eigenvalue weighted by Gasteiger charge is -2.33. The van der Waals surface area contributed by atoms with Crippen LogP contribution in [0.3, 0.4) is 0 Å². The average Bonchev–Trinajstić information content (AvgIpc) is 2.86. The molecule has 1 aliphatic rings. The van der Waals surface area contributed by atoms with Gasteiger partial charge in [0, 0.05) is 12.6 Å². The van der Waals surface area contributed by atoms with Gasteiger partial charge >= 0.3 is 0 Å². The van der Waals surface area contributed by atoms with Crippen LogP contribution in [-0.2, 0) is 26.2 Å². The Morgan fingerprint density at radius 1 is 1.14 bits per heavy atom. The summed E-state index contributed by atoms with van der Waals surface area (Å²) in [5.41, 5.74) is 2.09. The minimum absolute atomic E-state index is 0.0908. The fraction of sp³-hybridized carbons (Fsp3) is 0.481. The highest BCUT2D eigenvalue weighted by atomic mass is 35.5. The summed E-state index contributed by atoms with van der Waals surface area (Å²) in [6, 6.07) is 11.4. The molecule has 10 heteroatoms. The number of nitrogens with zero attached hydrogens (tertiary/aromatic N) is 2. The third-order valence-electron chi connectivity index (χ3n) is 6.82. The zero-order chi connectivity index (χ0) is 27.2. The molecule has 2 amide bonds. The van der Waals surface area contributed by atoms with E-state index in [0.717, 1.165) is 53.8 Å². The van der Waals surface area contributed by atoms with E-state index in [4.69, 9.17) is 16.3 Å². The van der Waals surface area contributed by atoms with Crippen LogP contribution >= 0.6 is 11.6 Å². The number of rotatable bonds is 10. The van der Waals surface area contributed by atoms with Crippen molar-refractivity contribution in [2.45, 2.75) is 64.6 Å². The molecule has 8 nitrogen and oxygen atoms in total. The van der Waals surface area contributed by atoms with Crippen molar-refractivity contribution in [1.82, 2.24) is 10.2 Å². The topological polar surface area (TPSA) is 96.0 Å². The molecule has 0 saturated heterocycles. The number of hydrogen-bond donors (Lipinski definition) is 1. The molecule has 2 aromatic carbocycles. The number of carbonyl (C=O) groups is 2. The first-order valence-electron chi connectivity index (χ1n) is 12.5. The van der Waals surface area contributed by atoms with Crippen molar-refractivity contribution >= 4 is 39.1 Å². The Balaban J connectivity index is 1.90. The number of carbonyl (C=O) groups excluding carboxylic acids is 2. The Morgan fingerprint density at radius 2 is 1.81 bits per heavy atom. The normalized spacial score (nSPS) is 15.1. The predicted molar refractivity (Wildman–Crippen MR) is 146 cm³/mol. The molecule has 202 valence electrons. The summed E-state index contributed by atoms with van der Waals surface area (Å²) in [5.74, 6) is -0.349. The Bertz CT molecular complexity index is 1210. The molecule has 0 unspecified atom stereocenters. The van der Waals surface area contributed by atoms with Crippen LogP contribution in [0.1, 0.15) is 50.2 Å². The highest BCUT2D eigenvalue weighted by molar-refractivity contribution is 7.92. The van der Waals surface area contributed by atoms with Crippen molar-refractivity contribution in [3.05, 3.63) is 58.6 Å². The Labute approximate surface area is 225 Å². The number of sulfonamides is 1. The van der Waals surface area contributed by atoms with Gasteiger partial charge < -0.3 is 15.0 Å². The van der Waals surface area contributed by atoms with Gasteiger partial charge in [0.25, 0.3) is 0 Å². The predicted octanol–water partition coefficient (Wildman–Crippen LogP) is 4.29. The van der Waals surface area contributed by atoms with E-state index in [9.17, 15) is 18.0 Å². The van der Waals surface area contributed by atoms with Crippen molar-refractivity contribution < 1.29 is 22.7 Å². The molecule has 0 bridgehead atoms. The summed E-state index contributed by atoms with van der Waals surface area (Å²) in [6.45, 7) is 3.32. The number of hydrogen-bond acceptors (Lipinski definition) is 5. The van der Waals surface area contributed by atoms with Crippen LogP contribution in [0, 0.1) is 6.92 Å². The maximum absolute atomic E-state index is 13.7. The quantitative estimate of drug-likeness (QED) is 0.477. The molecule has 0 aliphatic heterocycles. The van der Waals surface area contributed by atoms with E-state index in [0.29, 0.717) is 5.75 Å². The largest absolute Gasteiger partial charge is 0.495 e. The lowest BCUT2D eigenvalue weighted by molar-refractivity contribution is -0.139. The molecular weight excluding hydrogens is 514 g/mol. The van der Waals surface area contributed by atoms with E-state index in [1.54, 1.807) is 13.0 Å². The highest BCUT2D eigenvalue weighted by Crippen LogP contribution is 2.30. The molecule has 37 heavy (non-hydrogen) atoms. The van der Waals surface area contributed by atoms with E-state index in [2.05, 4.69) is 5.32 Å². The fourth-order valence-corrected chi connectivity index (χ4v) is 5.64. The maximum atomic E-state index is 13.7. The van der Waals surface area contributed by atoms with Gasteiger partial charge in [0.1, 0.15) is 18.3 Å². The summed E-state index contributed by atoms with van der Waals surface area (Å²) < 4.78 is 31.6. The molecule has 0 aromatic heterocycles. The van der Waals surface area contributed by atoms with Crippen LogP contribution in [0.25, 0.3) is 0 Å². The summed E-state index contributed by atoms with van der Waals surface area (Å²) in [4.78, 5) is 28.4. The first-order chi connectivity index (χ1) is 17.5. The van der Waals surface area contributed by atoms with Crippen molar-refractivity contribution in [3.8, 4) is 5.75 Å². The molecular formula is C27H36ClN3O5S. The molecule has 2 aromatic rings. The zero-order valence-corrected chi connectivity index (χ0v) is 23.4. The van der Waals surface area contributed by atoms with Crippen LogP contribution in [0.15, 0.2) is 42.5 Å². The molecule has 1 fully saturated rings. The number of ether oxygens (including phenoxy) is 1. The second-order valence-electron chi connectivity index (χ2n) is 9.56. The molecule has 1 atom stereocenters. The van der Waals surface area contributed by atoms with Gasteiger partial charge in [0.2, 0.25) is 21.8 Å². The van der Waals surface area contributed by atoms with Gasteiger partial charge in [-0.05, 0) is 56.0 Å².